The van der Waals surface area contributed by atoms with Gasteiger partial charge in [-0.2, -0.15) is 4.37 Å². The lowest BCUT2D eigenvalue weighted by Crippen LogP contribution is -2.32. The molecular weight excluding hydrogens is 274 g/mol. The van der Waals surface area contributed by atoms with Crippen LogP contribution in [-0.4, -0.2) is 30.0 Å². The fourth-order valence-electron chi connectivity index (χ4n) is 2.03. The van der Waals surface area contributed by atoms with Crippen molar-refractivity contribution in [1.82, 2.24) is 4.37 Å². The minimum Gasteiger partial charge on any atom is -0.462 e. The second kappa shape index (κ2) is 7.47. The van der Waals surface area contributed by atoms with E-state index >= 15 is 0 Å². The summed E-state index contributed by atoms with van der Waals surface area (Å²) in [6.07, 6.45) is 0. The average Bonchev–Trinajstić information content (AvgIpc) is 2.69. The molecule has 2 N–H and O–H groups in total. The predicted octanol–water partition coefficient (Wildman–Crippen LogP) is 3.02. The molecule has 0 fully saturated rings. The van der Waals surface area contributed by atoms with E-state index in [2.05, 4.69) is 37.0 Å². The van der Waals surface area contributed by atoms with Crippen molar-refractivity contribution in [2.45, 2.75) is 34.6 Å². The molecule has 5 nitrogen and oxygen atoms in total. The van der Waals surface area contributed by atoms with Crippen molar-refractivity contribution in [3.8, 4) is 0 Å². The SMILES string of the molecule is CCOC(=O)c1c(N)nsc1N(CC(C)C)CC(C)C. The molecule has 1 aromatic heterocycles. The Morgan fingerprint density at radius 2 is 1.85 bits per heavy atom. The first-order chi connectivity index (χ1) is 9.36. The molecule has 0 atom stereocenters. The van der Waals surface area contributed by atoms with Crippen molar-refractivity contribution in [2.75, 3.05) is 30.3 Å². The van der Waals surface area contributed by atoms with Gasteiger partial charge >= 0.3 is 5.97 Å². The van der Waals surface area contributed by atoms with Crippen LogP contribution < -0.4 is 10.6 Å². The van der Waals surface area contributed by atoms with E-state index in [1.807, 2.05) is 0 Å². The van der Waals surface area contributed by atoms with Crippen LogP contribution in [0.5, 0.6) is 0 Å². The van der Waals surface area contributed by atoms with Crippen LogP contribution in [0.2, 0.25) is 0 Å². The molecule has 1 aromatic rings. The molecule has 0 bridgehead atoms. The summed E-state index contributed by atoms with van der Waals surface area (Å²) in [5, 5.41) is 0.823. The summed E-state index contributed by atoms with van der Waals surface area (Å²) in [6, 6.07) is 0. The van der Waals surface area contributed by atoms with E-state index in [-0.39, 0.29) is 11.8 Å². The van der Waals surface area contributed by atoms with Crippen LogP contribution in [0.3, 0.4) is 0 Å². The third kappa shape index (κ3) is 4.37. The Hall–Kier alpha value is -1.30. The van der Waals surface area contributed by atoms with Crippen molar-refractivity contribution in [3.05, 3.63) is 5.56 Å². The summed E-state index contributed by atoms with van der Waals surface area (Å²) in [4.78, 5) is 14.3. The van der Waals surface area contributed by atoms with Crippen molar-refractivity contribution in [1.29, 1.82) is 0 Å². The van der Waals surface area contributed by atoms with E-state index in [4.69, 9.17) is 10.5 Å². The number of anilines is 2. The molecule has 1 heterocycles. The number of nitrogen functional groups attached to an aromatic ring is 1. The molecule has 0 aliphatic heterocycles. The molecule has 20 heavy (non-hydrogen) atoms. The molecular formula is C14H25N3O2S. The van der Waals surface area contributed by atoms with Crippen molar-refractivity contribution in [2.24, 2.45) is 11.8 Å². The highest BCUT2D eigenvalue weighted by Gasteiger charge is 2.25. The Bertz CT molecular complexity index is 434. The van der Waals surface area contributed by atoms with Crippen LogP contribution in [0.4, 0.5) is 10.8 Å². The quantitative estimate of drug-likeness (QED) is 0.784. The Labute approximate surface area is 125 Å². The smallest absolute Gasteiger partial charge is 0.345 e. The van der Waals surface area contributed by atoms with Crippen LogP contribution in [0.25, 0.3) is 0 Å². The fourth-order valence-corrected chi connectivity index (χ4v) is 2.85. The molecule has 6 heteroatoms. The maximum atomic E-state index is 12.1. The number of esters is 1. The van der Waals surface area contributed by atoms with Gasteiger partial charge in [-0.1, -0.05) is 27.7 Å². The number of aromatic nitrogens is 1. The van der Waals surface area contributed by atoms with Crippen LogP contribution in [-0.2, 0) is 4.74 Å². The number of nitrogens with zero attached hydrogens (tertiary/aromatic N) is 2. The topological polar surface area (TPSA) is 68.5 Å². The van der Waals surface area contributed by atoms with Gasteiger partial charge in [-0.15, -0.1) is 0 Å². The Morgan fingerprint density at radius 3 is 2.30 bits per heavy atom. The van der Waals surface area contributed by atoms with Crippen molar-refractivity contribution < 1.29 is 9.53 Å². The first kappa shape index (κ1) is 16.8. The van der Waals surface area contributed by atoms with E-state index in [1.165, 1.54) is 11.5 Å². The summed E-state index contributed by atoms with van der Waals surface area (Å²) in [5.41, 5.74) is 6.26. The first-order valence-electron chi connectivity index (χ1n) is 7.03. The Kier molecular flexibility index (Phi) is 6.26. The van der Waals surface area contributed by atoms with E-state index in [1.54, 1.807) is 6.92 Å². The van der Waals surface area contributed by atoms with Gasteiger partial charge in [-0.05, 0) is 30.3 Å². The Morgan fingerprint density at radius 1 is 1.30 bits per heavy atom. The number of nitrogens with two attached hydrogens (primary N) is 1. The standard InChI is InChI=1S/C14H25N3O2S/c1-6-19-14(18)11-12(15)16-20-13(11)17(7-9(2)3)8-10(4)5/h9-10H,6-8H2,1-5H3,(H2,15,16). The molecule has 0 saturated carbocycles. The van der Waals surface area contributed by atoms with Crippen molar-refractivity contribution in [3.63, 3.8) is 0 Å². The zero-order chi connectivity index (χ0) is 15.3. The normalized spacial score (nSPS) is 11.2. The lowest BCUT2D eigenvalue weighted by Gasteiger charge is -2.27. The molecule has 114 valence electrons. The maximum absolute atomic E-state index is 12.1. The molecule has 0 saturated heterocycles. The average molecular weight is 299 g/mol. The number of hydrogen-bond donors (Lipinski definition) is 1. The number of carbonyl (C=O) groups is 1. The zero-order valence-electron chi connectivity index (χ0n) is 13.0. The van der Waals surface area contributed by atoms with Crippen LogP contribution in [0, 0.1) is 11.8 Å². The monoisotopic (exact) mass is 299 g/mol. The highest BCUT2D eigenvalue weighted by atomic mass is 32.1. The lowest BCUT2D eigenvalue weighted by molar-refractivity contribution is 0.0528. The number of ether oxygens (including phenoxy) is 1. The van der Waals surface area contributed by atoms with Gasteiger partial charge in [0.1, 0.15) is 10.6 Å². The van der Waals surface area contributed by atoms with Crippen LogP contribution >= 0.6 is 11.5 Å². The molecule has 0 spiro atoms. The molecule has 0 radical (unpaired) electrons. The fraction of sp³-hybridized carbons (Fsp3) is 0.714. The molecule has 1 rings (SSSR count). The third-order valence-corrected chi connectivity index (χ3v) is 3.56. The van der Waals surface area contributed by atoms with E-state index in [0.717, 1.165) is 18.1 Å². The van der Waals surface area contributed by atoms with Gasteiger partial charge in [-0.25, -0.2) is 4.79 Å². The summed E-state index contributed by atoms with van der Waals surface area (Å²) in [6.45, 7) is 12.5. The van der Waals surface area contributed by atoms with Crippen LogP contribution in [0.15, 0.2) is 0 Å². The molecule has 0 aromatic carbocycles. The van der Waals surface area contributed by atoms with E-state index in [9.17, 15) is 4.79 Å². The van der Waals surface area contributed by atoms with Gasteiger partial charge < -0.3 is 15.4 Å². The highest BCUT2D eigenvalue weighted by molar-refractivity contribution is 7.11. The zero-order valence-corrected chi connectivity index (χ0v) is 13.8. The molecule has 0 amide bonds. The summed E-state index contributed by atoms with van der Waals surface area (Å²) >= 11 is 1.27. The summed E-state index contributed by atoms with van der Waals surface area (Å²) in [7, 11) is 0. The maximum Gasteiger partial charge on any atom is 0.345 e. The summed E-state index contributed by atoms with van der Waals surface area (Å²) in [5.74, 6) is 0.867. The summed E-state index contributed by atoms with van der Waals surface area (Å²) < 4.78 is 9.22. The van der Waals surface area contributed by atoms with Gasteiger partial charge in [0.25, 0.3) is 0 Å². The molecule has 0 unspecified atom stereocenters. The second-order valence-corrected chi connectivity index (χ2v) is 6.41. The number of hydrogen-bond acceptors (Lipinski definition) is 6. The van der Waals surface area contributed by atoms with Gasteiger partial charge in [0.05, 0.1) is 6.61 Å². The highest BCUT2D eigenvalue weighted by Crippen LogP contribution is 2.32. The largest absolute Gasteiger partial charge is 0.462 e. The number of rotatable bonds is 7. The van der Waals surface area contributed by atoms with E-state index < -0.39 is 0 Å². The van der Waals surface area contributed by atoms with Gasteiger partial charge in [0.15, 0.2) is 5.82 Å². The predicted molar refractivity (Wildman–Crippen MR) is 84.4 cm³/mol. The number of carbonyl (C=O) groups excluding carboxylic acids is 1. The third-order valence-electron chi connectivity index (χ3n) is 2.64. The van der Waals surface area contributed by atoms with Gasteiger partial charge in [-0.3, -0.25) is 0 Å². The minimum absolute atomic E-state index is 0.265. The Balaban J connectivity index is 3.09. The van der Waals surface area contributed by atoms with Crippen molar-refractivity contribution >= 4 is 28.3 Å². The van der Waals surface area contributed by atoms with Gasteiger partial charge in [0.2, 0.25) is 0 Å². The van der Waals surface area contributed by atoms with Gasteiger partial charge in [0, 0.05) is 13.1 Å². The molecule has 0 aliphatic carbocycles. The minimum atomic E-state index is -0.383. The second-order valence-electron chi connectivity index (χ2n) is 5.66. The lowest BCUT2D eigenvalue weighted by atomic mass is 10.1. The first-order valence-corrected chi connectivity index (χ1v) is 7.81. The van der Waals surface area contributed by atoms with E-state index in [0.29, 0.717) is 24.0 Å². The van der Waals surface area contributed by atoms with Crippen LogP contribution in [0.1, 0.15) is 45.0 Å². The molecule has 0 aliphatic rings.